The third-order valence-electron chi connectivity index (χ3n) is 4.24. The van der Waals surface area contributed by atoms with Gasteiger partial charge >= 0.3 is 0 Å². The number of nitrogens with two attached hydrogens (primary N) is 2. The number of aromatic nitrogens is 2. The maximum atomic E-state index is 11.7. The van der Waals surface area contributed by atoms with E-state index < -0.39 is 0 Å². The summed E-state index contributed by atoms with van der Waals surface area (Å²) in [7, 11) is 1.65. The van der Waals surface area contributed by atoms with E-state index in [1.54, 1.807) is 7.11 Å². The summed E-state index contributed by atoms with van der Waals surface area (Å²) in [5, 5.41) is 7.73. The Kier molecular flexibility index (Phi) is 6.75. The van der Waals surface area contributed by atoms with E-state index in [0.29, 0.717) is 36.4 Å². The van der Waals surface area contributed by atoms with Crippen LogP contribution in [0.3, 0.4) is 0 Å². The summed E-state index contributed by atoms with van der Waals surface area (Å²) < 4.78 is 15.9. The lowest BCUT2D eigenvalue weighted by molar-refractivity contribution is -0.117. The predicted octanol–water partition coefficient (Wildman–Crippen LogP) is 2.04. The molecule has 4 N–H and O–H groups in total. The van der Waals surface area contributed by atoms with Crippen LogP contribution in [0, 0.1) is 0 Å². The van der Waals surface area contributed by atoms with Gasteiger partial charge in [-0.15, -0.1) is 0 Å². The molecule has 0 saturated heterocycles. The van der Waals surface area contributed by atoms with E-state index in [1.165, 1.54) is 0 Å². The first-order valence-corrected chi connectivity index (χ1v) is 9.16. The minimum absolute atomic E-state index is 0.205. The first kappa shape index (κ1) is 20.3. The number of benzene rings is 2. The highest BCUT2D eigenvalue weighted by molar-refractivity contribution is 5.91. The lowest BCUT2D eigenvalue weighted by Gasteiger charge is -2.13. The largest absolute Gasteiger partial charge is 0.493 e. The van der Waals surface area contributed by atoms with Crippen molar-refractivity contribution in [1.29, 1.82) is 0 Å². The third kappa shape index (κ3) is 5.52. The second-order valence-electron chi connectivity index (χ2n) is 6.42. The molecular weight excluding hydrogens is 374 g/mol. The van der Waals surface area contributed by atoms with Gasteiger partial charge in [0, 0.05) is 32.1 Å². The third-order valence-corrected chi connectivity index (χ3v) is 4.24. The molecule has 1 amide bonds. The van der Waals surface area contributed by atoms with Crippen molar-refractivity contribution in [2.45, 2.75) is 19.3 Å². The van der Waals surface area contributed by atoms with Gasteiger partial charge in [0.2, 0.25) is 5.91 Å². The number of carbonyl (C=O) groups is 1. The van der Waals surface area contributed by atoms with Crippen LogP contribution in [0.2, 0.25) is 0 Å². The molecule has 2 aromatic carbocycles. The van der Waals surface area contributed by atoms with Gasteiger partial charge in [-0.2, -0.15) is 4.99 Å². The number of ether oxygens (including phenoxy) is 2. The van der Waals surface area contributed by atoms with Crippen LogP contribution >= 0.6 is 0 Å². The number of rotatable bonds is 9. The highest BCUT2D eigenvalue weighted by Gasteiger charge is 2.11. The number of amides is 1. The molecule has 0 aliphatic carbocycles. The van der Waals surface area contributed by atoms with Crippen LogP contribution in [0.5, 0.6) is 5.75 Å². The van der Waals surface area contributed by atoms with E-state index in [4.69, 9.17) is 25.6 Å². The molecule has 0 aliphatic heterocycles. The van der Waals surface area contributed by atoms with Crippen LogP contribution in [0.15, 0.2) is 46.0 Å². The second kappa shape index (κ2) is 9.65. The van der Waals surface area contributed by atoms with E-state index in [1.807, 2.05) is 36.4 Å². The molecule has 9 nitrogen and oxygen atoms in total. The van der Waals surface area contributed by atoms with Crippen LogP contribution in [-0.2, 0) is 16.0 Å². The molecule has 0 saturated carbocycles. The van der Waals surface area contributed by atoms with Crippen molar-refractivity contribution in [3.8, 4) is 16.9 Å². The molecule has 152 valence electrons. The molecule has 29 heavy (non-hydrogen) atoms. The van der Waals surface area contributed by atoms with Crippen LogP contribution in [-0.4, -0.2) is 42.5 Å². The van der Waals surface area contributed by atoms with Gasteiger partial charge in [0.25, 0.3) is 0 Å². The molecule has 0 aliphatic rings. The molecule has 1 heterocycles. The standard InChI is InChI=1S/C20H23N5O4/c1-27-9-2-10-28-18-11-13(4-8-19(26)23-20(21)22)3-6-15(18)14-5-7-16-17(12-14)25-29-24-16/h3,5-7,11-12H,2,4,8-10H2,1H3,(H4,21,22,23,26). The average Bonchev–Trinajstić information content (AvgIpc) is 3.17. The Morgan fingerprint density at radius 1 is 1.10 bits per heavy atom. The molecule has 3 rings (SSSR count). The molecule has 9 heteroatoms. The van der Waals surface area contributed by atoms with Gasteiger partial charge in [0.05, 0.1) is 6.61 Å². The van der Waals surface area contributed by atoms with E-state index in [0.717, 1.165) is 23.1 Å². The average molecular weight is 397 g/mol. The summed E-state index contributed by atoms with van der Waals surface area (Å²) in [4.78, 5) is 15.3. The quantitative estimate of drug-likeness (QED) is 0.318. The van der Waals surface area contributed by atoms with Crippen molar-refractivity contribution in [2.24, 2.45) is 16.5 Å². The first-order valence-electron chi connectivity index (χ1n) is 9.16. The lowest BCUT2D eigenvalue weighted by atomic mass is 10.00. The van der Waals surface area contributed by atoms with Crippen molar-refractivity contribution < 1.29 is 18.9 Å². The zero-order valence-electron chi connectivity index (χ0n) is 16.1. The Bertz CT molecular complexity index is 1010. The number of nitrogens with zero attached hydrogens (tertiary/aromatic N) is 3. The van der Waals surface area contributed by atoms with Crippen molar-refractivity contribution in [3.63, 3.8) is 0 Å². The number of guanidine groups is 1. The highest BCUT2D eigenvalue weighted by atomic mass is 16.6. The minimum atomic E-state index is -0.361. The van der Waals surface area contributed by atoms with Crippen molar-refractivity contribution >= 4 is 22.9 Å². The van der Waals surface area contributed by atoms with Crippen molar-refractivity contribution in [3.05, 3.63) is 42.0 Å². The Balaban J connectivity index is 1.83. The number of hydrogen-bond acceptors (Lipinski definition) is 6. The summed E-state index contributed by atoms with van der Waals surface area (Å²) in [5.41, 5.74) is 14.6. The molecule has 0 bridgehead atoms. The monoisotopic (exact) mass is 397 g/mol. The Morgan fingerprint density at radius 3 is 2.72 bits per heavy atom. The molecule has 3 aromatic rings. The molecule has 0 unspecified atom stereocenters. The Hall–Kier alpha value is -3.46. The number of hydrogen-bond donors (Lipinski definition) is 2. The fourth-order valence-electron chi connectivity index (χ4n) is 2.87. The van der Waals surface area contributed by atoms with Gasteiger partial charge < -0.3 is 20.9 Å². The molecule has 1 aromatic heterocycles. The zero-order valence-corrected chi connectivity index (χ0v) is 16.1. The van der Waals surface area contributed by atoms with E-state index in [9.17, 15) is 4.79 Å². The minimum Gasteiger partial charge on any atom is -0.493 e. The second-order valence-corrected chi connectivity index (χ2v) is 6.42. The molecule has 0 atom stereocenters. The highest BCUT2D eigenvalue weighted by Crippen LogP contribution is 2.33. The summed E-state index contributed by atoms with van der Waals surface area (Å²) >= 11 is 0. The Morgan fingerprint density at radius 2 is 1.93 bits per heavy atom. The fraction of sp³-hybridized carbons (Fsp3) is 0.300. The van der Waals surface area contributed by atoms with Gasteiger partial charge in [-0.3, -0.25) is 4.79 Å². The van der Waals surface area contributed by atoms with Gasteiger partial charge in [-0.1, -0.05) is 18.2 Å². The number of fused-ring (bicyclic) bond motifs is 1. The first-order chi connectivity index (χ1) is 14.1. The number of methoxy groups -OCH3 is 1. The van der Waals surface area contributed by atoms with E-state index >= 15 is 0 Å². The Labute approximate surface area is 167 Å². The van der Waals surface area contributed by atoms with Crippen molar-refractivity contribution in [1.82, 2.24) is 10.3 Å². The fourth-order valence-corrected chi connectivity index (χ4v) is 2.87. The molecule has 0 spiro atoms. The predicted molar refractivity (Wildman–Crippen MR) is 108 cm³/mol. The molecule has 0 fully saturated rings. The number of carbonyl (C=O) groups excluding carboxylic acids is 1. The van der Waals surface area contributed by atoms with Crippen LogP contribution in [0.25, 0.3) is 22.2 Å². The number of aryl methyl sites for hydroxylation is 1. The van der Waals surface area contributed by atoms with E-state index in [-0.39, 0.29) is 18.3 Å². The van der Waals surface area contributed by atoms with Crippen LogP contribution in [0.4, 0.5) is 0 Å². The lowest BCUT2D eigenvalue weighted by Crippen LogP contribution is -2.24. The number of aliphatic imine (C=N–C) groups is 1. The summed E-state index contributed by atoms with van der Waals surface area (Å²) in [5.74, 6) is 0.120. The zero-order chi connectivity index (χ0) is 20.6. The maximum absolute atomic E-state index is 11.7. The van der Waals surface area contributed by atoms with Gasteiger partial charge in [-0.05, 0) is 46.1 Å². The summed E-state index contributed by atoms with van der Waals surface area (Å²) in [6, 6.07) is 11.5. The normalized spacial score (nSPS) is 10.8. The van der Waals surface area contributed by atoms with Crippen LogP contribution in [0.1, 0.15) is 18.4 Å². The van der Waals surface area contributed by atoms with Gasteiger partial charge in [0.1, 0.15) is 16.8 Å². The van der Waals surface area contributed by atoms with Crippen LogP contribution < -0.4 is 16.2 Å². The maximum Gasteiger partial charge on any atom is 0.249 e. The van der Waals surface area contributed by atoms with Gasteiger partial charge in [-0.25, -0.2) is 4.63 Å². The topological polar surface area (TPSA) is 139 Å². The summed E-state index contributed by atoms with van der Waals surface area (Å²) in [6.45, 7) is 1.11. The summed E-state index contributed by atoms with van der Waals surface area (Å²) in [6.07, 6.45) is 1.46. The van der Waals surface area contributed by atoms with E-state index in [2.05, 4.69) is 15.3 Å². The van der Waals surface area contributed by atoms with Gasteiger partial charge in [0.15, 0.2) is 5.96 Å². The van der Waals surface area contributed by atoms with Crippen molar-refractivity contribution in [2.75, 3.05) is 20.3 Å². The SMILES string of the molecule is COCCCOc1cc(CCC(=O)N=C(N)N)ccc1-c1ccc2nonc2c1. The smallest absolute Gasteiger partial charge is 0.249 e. The molecular formula is C20H23N5O4. The molecule has 0 radical (unpaired) electrons.